The van der Waals surface area contributed by atoms with E-state index in [9.17, 15) is 9.59 Å². The van der Waals surface area contributed by atoms with E-state index in [1.165, 1.54) is 5.57 Å². The zero-order chi connectivity index (χ0) is 22.7. The first-order chi connectivity index (χ1) is 15.1. The summed E-state index contributed by atoms with van der Waals surface area (Å²) in [4.78, 5) is 25.9. The number of ether oxygens (including phenoxy) is 2. The summed E-state index contributed by atoms with van der Waals surface area (Å²) in [5, 5.41) is 0. The standard InChI is InChI=1S/C28H36O4/c1-16-15-23(31-24(30)17(16)2)27(5)21-12-14-28(32-27)20-10-9-18-7-6-8-22(29)26(18,4)19(20)11-13-25(21,28)3/h6-7,9,19-21,23H,8,10-15H2,1-5H3/t19-,20+,21+,23+,25+,26-,27+,28+/m0/s1. The van der Waals surface area contributed by atoms with Gasteiger partial charge in [-0.2, -0.15) is 0 Å². The van der Waals surface area contributed by atoms with Crippen LogP contribution in [0.25, 0.3) is 0 Å². The van der Waals surface area contributed by atoms with E-state index < -0.39 is 5.60 Å². The predicted octanol–water partition coefficient (Wildman–Crippen LogP) is 5.47. The van der Waals surface area contributed by atoms with E-state index in [1.54, 1.807) is 0 Å². The van der Waals surface area contributed by atoms with E-state index in [1.807, 2.05) is 13.0 Å². The maximum atomic E-state index is 13.3. The Balaban J connectivity index is 1.42. The highest BCUT2D eigenvalue weighted by atomic mass is 16.6. The van der Waals surface area contributed by atoms with Crippen molar-refractivity contribution in [1.82, 2.24) is 0 Å². The van der Waals surface area contributed by atoms with Crippen LogP contribution in [0.4, 0.5) is 0 Å². The lowest BCUT2D eigenvalue weighted by Gasteiger charge is -2.59. The molecule has 6 rings (SSSR count). The molecule has 172 valence electrons. The Kier molecular flexibility index (Phi) is 4.08. The van der Waals surface area contributed by atoms with Crippen molar-refractivity contribution in [3.63, 3.8) is 0 Å². The van der Waals surface area contributed by atoms with Crippen LogP contribution in [0.2, 0.25) is 0 Å². The van der Waals surface area contributed by atoms with Gasteiger partial charge in [-0.1, -0.05) is 30.7 Å². The Morgan fingerprint density at radius 2 is 1.81 bits per heavy atom. The van der Waals surface area contributed by atoms with Crippen LogP contribution in [0.5, 0.6) is 0 Å². The molecule has 6 aliphatic rings. The van der Waals surface area contributed by atoms with Crippen molar-refractivity contribution in [2.45, 2.75) is 96.9 Å². The SMILES string of the molecule is CC1=C(C)C(=O)O[C@@H]([C@]2(C)O[C@@]34CC[C@@H]2[C@@]3(C)CC[C@H]2[C@H]4CC=C3C=CCC(=O)[C@@]32C)C1. The van der Waals surface area contributed by atoms with Gasteiger partial charge in [-0.15, -0.1) is 0 Å². The molecule has 0 amide bonds. The smallest absolute Gasteiger partial charge is 0.334 e. The van der Waals surface area contributed by atoms with E-state index in [4.69, 9.17) is 9.47 Å². The second-order valence-corrected chi connectivity index (χ2v) is 12.1. The van der Waals surface area contributed by atoms with Gasteiger partial charge in [-0.3, -0.25) is 4.79 Å². The molecule has 32 heavy (non-hydrogen) atoms. The summed E-state index contributed by atoms with van der Waals surface area (Å²) in [6.45, 7) is 10.8. The number of rotatable bonds is 1. The average molecular weight is 437 g/mol. The van der Waals surface area contributed by atoms with Crippen molar-refractivity contribution in [2.75, 3.05) is 0 Å². The average Bonchev–Trinajstić information content (AvgIpc) is 3.16. The number of allylic oxidation sites excluding steroid dienone is 4. The molecule has 4 nitrogen and oxygen atoms in total. The van der Waals surface area contributed by atoms with Crippen LogP contribution in [0.3, 0.4) is 0 Å². The van der Waals surface area contributed by atoms with Crippen LogP contribution in [-0.4, -0.2) is 29.1 Å². The number of esters is 1. The normalized spacial score (nSPS) is 51.7. The van der Waals surface area contributed by atoms with E-state index in [0.717, 1.165) is 49.7 Å². The van der Waals surface area contributed by atoms with Crippen molar-refractivity contribution >= 4 is 11.8 Å². The molecule has 2 bridgehead atoms. The molecule has 8 atom stereocenters. The first-order valence-corrected chi connectivity index (χ1v) is 12.6. The highest BCUT2D eigenvalue weighted by molar-refractivity contribution is 5.92. The number of hydrogen-bond donors (Lipinski definition) is 0. The highest BCUT2D eigenvalue weighted by Crippen LogP contribution is 2.75. The lowest BCUT2D eigenvalue weighted by Crippen LogP contribution is -2.60. The summed E-state index contributed by atoms with van der Waals surface area (Å²) in [6, 6.07) is 0. The van der Waals surface area contributed by atoms with Crippen molar-refractivity contribution in [1.29, 1.82) is 0 Å². The molecule has 2 saturated carbocycles. The molecule has 3 fully saturated rings. The Morgan fingerprint density at radius 3 is 2.56 bits per heavy atom. The minimum absolute atomic E-state index is 0.0642. The molecule has 0 unspecified atom stereocenters. The fourth-order valence-corrected chi connectivity index (χ4v) is 9.17. The van der Waals surface area contributed by atoms with Crippen LogP contribution in [0.15, 0.2) is 34.9 Å². The van der Waals surface area contributed by atoms with Gasteiger partial charge in [0.05, 0.1) is 11.0 Å². The molecular formula is C28H36O4. The molecule has 0 radical (unpaired) electrons. The molecule has 4 aliphatic carbocycles. The molecule has 4 heteroatoms. The highest BCUT2D eigenvalue weighted by Gasteiger charge is 2.77. The predicted molar refractivity (Wildman–Crippen MR) is 122 cm³/mol. The Morgan fingerprint density at radius 1 is 1.03 bits per heavy atom. The van der Waals surface area contributed by atoms with Gasteiger partial charge in [0, 0.05) is 23.8 Å². The molecule has 0 aromatic heterocycles. The maximum Gasteiger partial charge on any atom is 0.334 e. The molecule has 2 aliphatic heterocycles. The van der Waals surface area contributed by atoms with E-state index in [0.29, 0.717) is 30.0 Å². The molecule has 0 aromatic rings. The number of ketones is 1. The first-order valence-electron chi connectivity index (χ1n) is 12.6. The topological polar surface area (TPSA) is 52.6 Å². The molecule has 2 heterocycles. The van der Waals surface area contributed by atoms with Gasteiger partial charge in [-0.05, 0) is 83.1 Å². The fraction of sp³-hybridized carbons (Fsp3) is 0.714. The Bertz CT molecular complexity index is 1020. The van der Waals surface area contributed by atoms with Crippen molar-refractivity contribution in [2.24, 2.45) is 28.6 Å². The molecule has 1 saturated heterocycles. The summed E-state index contributed by atoms with van der Waals surface area (Å²) >= 11 is 0. The van der Waals surface area contributed by atoms with Gasteiger partial charge < -0.3 is 9.47 Å². The van der Waals surface area contributed by atoms with E-state index in [-0.39, 0.29) is 28.5 Å². The van der Waals surface area contributed by atoms with Crippen LogP contribution in [0, 0.1) is 28.6 Å². The summed E-state index contributed by atoms with van der Waals surface area (Å²) in [5.41, 5.74) is 2.06. The molecular weight excluding hydrogens is 400 g/mol. The number of hydrogen-bond acceptors (Lipinski definition) is 4. The van der Waals surface area contributed by atoms with Crippen LogP contribution >= 0.6 is 0 Å². The lowest BCUT2D eigenvalue weighted by molar-refractivity contribution is -0.231. The van der Waals surface area contributed by atoms with Gasteiger partial charge in [0.1, 0.15) is 17.5 Å². The van der Waals surface area contributed by atoms with Gasteiger partial charge >= 0.3 is 5.97 Å². The molecule has 0 aromatic carbocycles. The summed E-state index contributed by atoms with van der Waals surface area (Å²) in [7, 11) is 0. The third kappa shape index (κ3) is 2.19. The van der Waals surface area contributed by atoms with Crippen LogP contribution in [-0.2, 0) is 19.1 Å². The van der Waals surface area contributed by atoms with E-state index in [2.05, 4.69) is 39.8 Å². The monoisotopic (exact) mass is 436 g/mol. The van der Waals surface area contributed by atoms with Crippen molar-refractivity contribution in [3.8, 4) is 0 Å². The van der Waals surface area contributed by atoms with Crippen molar-refractivity contribution < 1.29 is 19.1 Å². The second kappa shape index (κ2) is 6.25. The number of carbonyl (C=O) groups excluding carboxylic acids is 2. The number of cyclic esters (lactones) is 1. The largest absolute Gasteiger partial charge is 0.456 e. The number of Topliss-reactive ketones (excluding diaryl/α,β-unsaturated/α-hetero) is 1. The van der Waals surface area contributed by atoms with Crippen LogP contribution in [0.1, 0.15) is 79.6 Å². The van der Waals surface area contributed by atoms with Crippen molar-refractivity contribution in [3.05, 3.63) is 34.9 Å². The lowest BCUT2D eigenvalue weighted by atomic mass is 9.46. The minimum Gasteiger partial charge on any atom is -0.456 e. The number of carbonyl (C=O) groups is 2. The summed E-state index contributed by atoms with van der Waals surface area (Å²) in [5.74, 6) is 1.22. The fourth-order valence-electron chi connectivity index (χ4n) is 9.17. The van der Waals surface area contributed by atoms with Gasteiger partial charge in [0.2, 0.25) is 0 Å². The quantitative estimate of drug-likeness (QED) is 0.511. The third-order valence-electron chi connectivity index (χ3n) is 11.1. The van der Waals surface area contributed by atoms with Gasteiger partial charge in [-0.25, -0.2) is 4.79 Å². The van der Waals surface area contributed by atoms with E-state index >= 15 is 0 Å². The second-order valence-electron chi connectivity index (χ2n) is 12.1. The molecule has 0 N–H and O–H groups in total. The number of fused-ring (bicyclic) bond motifs is 3. The third-order valence-corrected chi connectivity index (χ3v) is 11.1. The minimum atomic E-state index is -0.471. The van der Waals surface area contributed by atoms with Crippen LogP contribution < -0.4 is 0 Å². The first kappa shape index (κ1) is 20.9. The summed E-state index contributed by atoms with van der Waals surface area (Å²) < 4.78 is 13.3. The zero-order valence-corrected chi connectivity index (χ0v) is 20.1. The maximum absolute atomic E-state index is 13.3. The summed E-state index contributed by atoms with van der Waals surface area (Å²) in [6.07, 6.45) is 13.0. The Labute approximate surface area is 191 Å². The Hall–Kier alpha value is -1.68. The molecule has 0 spiro atoms. The van der Waals surface area contributed by atoms with Gasteiger partial charge in [0.15, 0.2) is 0 Å². The van der Waals surface area contributed by atoms with Gasteiger partial charge in [0.25, 0.3) is 0 Å². The zero-order valence-electron chi connectivity index (χ0n) is 20.1.